The fourth-order valence-electron chi connectivity index (χ4n) is 1.55. The Morgan fingerprint density at radius 3 is 2.84 bits per heavy atom. The van der Waals surface area contributed by atoms with Crippen LogP contribution in [-0.2, 0) is 0 Å². The van der Waals surface area contributed by atoms with Crippen LogP contribution in [0.4, 0.5) is 10.5 Å². The molecule has 0 aliphatic rings. The molecular weight excluding hydrogens is 244 g/mol. The molecule has 0 unspecified atom stereocenters. The average Bonchev–Trinajstić information content (AvgIpc) is 2.88. The summed E-state index contributed by atoms with van der Waals surface area (Å²) in [7, 11) is 0. The van der Waals surface area contributed by atoms with Crippen LogP contribution in [0.2, 0.25) is 0 Å². The molecule has 1 aromatic heterocycles. The summed E-state index contributed by atoms with van der Waals surface area (Å²) < 4.78 is 1.67. The Labute approximate surface area is 111 Å². The first-order chi connectivity index (χ1) is 9.19. The van der Waals surface area contributed by atoms with Crippen molar-refractivity contribution in [2.24, 2.45) is 0 Å². The first-order valence-electron chi connectivity index (χ1n) is 5.97. The molecule has 1 atom stereocenters. The molecule has 3 N–H and O–H groups in total. The minimum absolute atomic E-state index is 0.100. The molecule has 2 rings (SSSR count). The van der Waals surface area contributed by atoms with Gasteiger partial charge in [0.05, 0.1) is 36.4 Å². The van der Waals surface area contributed by atoms with Crippen molar-refractivity contribution >= 4 is 11.7 Å². The Morgan fingerprint density at radius 1 is 1.42 bits per heavy atom. The van der Waals surface area contributed by atoms with Crippen LogP contribution in [0, 0.1) is 0 Å². The number of rotatable bonds is 4. The fraction of sp³-hybridized carbons (Fsp3) is 0.231. The first-order valence-corrected chi connectivity index (χ1v) is 5.97. The van der Waals surface area contributed by atoms with E-state index in [1.165, 1.54) is 0 Å². The predicted molar refractivity (Wildman–Crippen MR) is 72.3 cm³/mol. The van der Waals surface area contributed by atoms with E-state index in [0.29, 0.717) is 5.69 Å². The molecular formula is C13H16N4O2. The Morgan fingerprint density at radius 2 is 2.16 bits per heavy atom. The molecule has 0 saturated carbocycles. The van der Waals surface area contributed by atoms with E-state index in [1.54, 1.807) is 24.0 Å². The number of urea groups is 1. The number of amides is 2. The van der Waals surface area contributed by atoms with Crippen LogP contribution in [0.25, 0.3) is 5.69 Å². The average molecular weight is 260 g/mol. The number of aromatic nitrogens is 2. The van der Waals surface area contributed by atoms with Crippen molar-refractivity contribution in [3.8, 4) is 5.69 Å². The van der Waals surface area contributed by atoms with Gasteiger partial charge in [-0.05, 0) is 19.1 Å². The van der Waals surface area contributed by atoms with Gasteiger partial charge >= 0.3 is 6.03 Å². The van der Waals surface area contributed by atoms with Gasteiger partial charge in [-0.1, -0.05) is 18.2 Å². The van der Waals surface area contributed by atoms with Gasteiger partial charge in [0.25, 0.3) is 0 Å². The van der Waals surface area contributed by atoms with E-state index >= 15 is 0 Å². The third kappa shape index (κ3) is 3.56. The van der Waals surface area contributed by atoms with Crippen LogP contribution in [0.3, 0.4) is 0 Å². The van der Waals surface area contributed by atoms with Gasteiger partial charge < -0.3 is 15.7 Å². The van der Waals surface area contributed by atoms with Crippen LogP contribution in [0.5, 0.6) is 0 Å². The lowest BCUT2D eigenvalue weighted by atomic mass is 10.3. The number of aliphatic hydroxyl groups excluding tert-OH is 1. The predicted octanol–water partition coefficient (Wildman–Crippen LogP) is 1.37. The summed E-state index contributed by atoms with van der Waals surface area (Å²) in [6, 6.07) is 8.95. The van der Waals surface area contributed by atoms with Crippen LogP contribution >= 0.6 is 0 Å². The van der Waals surface area contributed by atoms with Crippen molar-refractivity contribution in [1.82, 2.24) is 15.1 Å². The maximum atomic E-state index is 11.6. The zero-order valence-corrected chi connectivity index (χ0v) is 10.6. The largest absolute Gasteiger partial charge is 0.394 e. The number of carbonyl (C=O) groups is 1. The fourth-order valence-corrected chi connectivity index (χ4v) is 1.55. The number of benzene rings is 1. The molecule has 0 aliphatic carbocycles. The van der Waals surface area contributed by atoms with E-state index in [9.17, 15) is 4.79 Å². The Balaban J connectivity index is 2.00. The number of hydrogen-bond donors (Lipinski definition) is 3. The molecule has 0 saturated heterocycles. The molecule has 2 amide bonds. The molecule has 19 heavy (non-hydrogen) atoms. The normalized spacial score (nSPS) is 11.9. The number of para-hydroxylation sites is 1. The standard InChI is InChI=1S/C13H16N4O2/c1-10(9-18)15-13(19)16-11-7-14-17(8-11)12-5-3-2-4-6-12/h2-8,10,18H,9H2,1H3,(H2,15,16,19)/t10-/m0/s1. The smallest absolute Gasteiger partial charge is 0.319 e. The molecule has 0 bridgehead atoms. The minimum Gasteiger partial charge on any atom is -0.394 e. The number of aliphatic hydroxyl groups is 1. The van der Waals surface area contributed by atoms with E-state index in [4.69, 9.17) is 5.11 Å². The second-order valence-corrected chi connectivity index (χ2v) is 4.19. The molecule has 6 nitrogen and oxygen atoms in total. The summed E-state index contributed by atoms with van der Waals surface area (Å²) in [5.74, 6) is 0. The van der Waals surface area contributed by atoms with Crippen LogP contribution in [-0.4, -0.2) is 33.6 Å². The number of hydrogen-bond acceptors (Lipinski definition) is 3. The third-order valence-electron chi connectivity index (χ3n) is 2.51. The Hall–Kier alpha value is -2.34. The van der Waals surface area contributed by atoms with Crippen LogP contribution in [0.1, 0.15) is 6.92 Å². The summed E-state index contributed by atoms with van der Waals surface area (Å²) in [5.41, 5.74) is 1.51. The highest BCUT2D eigenvalue weighted by atomic mass is 16.3. The number of nitrogens with one attached hydrogen (secondary N) is 2. The van der Waals surface area contributed by atoms with Gasteiger partial charge in [0.2, 0.25) is 0 Å². The summed E-state index contributed by atoms with van der Waals surface area (Å²) in [4.78, 5) is 11.6. The van der Waals surface area contributed by atoms with Gasteiger partial charge in [-0.3, -0.25) is 0 Å². The van der Waals surface area contributed by atoms with Gasteiger partial charge in [-0.15, -0.1) is 0 Å². The summed E-state index contributed by atoms with van der Waals surface area (Å²) in [6.45, 7) is 1.61. The third-order valence-corrected chi connectivity index (χ3v) is 2.51. The second-order valence-electron chi connectivity index (χ2n) is 4.19. The van der Waals surface area contributed by atoms with Crippen molar-refractivity contribution in [2.45, 2.75) is 13.0 Å². The monoisotopic (exact) mass is 260 g/mol. The maximum Gasteiger partial charge on any atom is 0.319 e. The van der Waals surface area contributed by atoms with Gasteiger partial charge in [-0.25, -0.2) is 9.48 Å². The highest BCUT2D eigenvalue weighted by molar-refractivity contribution is 5.89. The van der Waals surface area contributed by atoms with Gasteiger partial charge in [-0.2, -0.15) is 5.10 Å². The number of nitrogens with zero attached hydrogens (tertiary/aromatic N) is 2. The lowest BCUT2D eigenvalue weighted by Gasteiger charge is -2.10. The first kappa shape index (κ1) is 13.1. The van der Waals surface area contributed by atoms with Crippen molar-refractivity contribution in [2.75, 3.05) is 11.9 Å². The highest BCUT2D eigenvalue weighted by Crippen LogP contribution is 2.10. The van der Waals surface area contributed by atoms with Crippen LogP contribution < -0.4 is 10.6 Å². The minimum atomic E-state index is -0.367. The van der Waals surface area contributed by atoms with E-state index in [1.807, 2.05) is 30.3 Å². The van der Waals surface area contributed by atoms with E-state index in [2.05, 4.69) is 15.7 Å². The van der Waals surface area contributed by atoms with E-state index in [0.717, 1.165) is 5.69 Å². The quantitative estimate of drug-likeness (QED) is 0.777. The molecule has 2 aromatic rings. The van der Waals surface area contributed by atoms with Crippen molar-refractivity contribution in [1.29, 1.82) is 0 Å². The lowest BCUT2D eigenvalue weighted by molar-refractivity contribution is 0.229. The molecule has 0 fully saturated rings. The van der Waals surface area contributed by atoms with Gasteiger partial charge in [0, 0.05) is 0 Å². The van der Waals surface area contributed by atoms with E-state index < -0.39 is 0 Å². The Kier molecular flexibility index (Phi) is 4.15. The zero-order valence-electron chi connectivity index (χ0n) is 10.6. The molecule has 0 spiro atoms. The van der Waals surface area contributed by atoms with Crippen molar-refractivity contribution in [3.63, 3.8) is 0 Å². The van der Waals surface area contributed by atoms with Crippen LogP contribution in [0.15, 0.2) is 42.7 Å². The maximum absolute atomic E-state index is 11.6. The molecule has 100 valence electrons. The second kappa shape index (κ2) is 6.01. The zero-order chi connectivity index (χ0) is 13.7. The molecule has 0 radical (unpaired) electrons. The molecule has 1 heterocycles. The van der Waals surface area contributed by atoms with Gasteiger partial charge in [0.1, 0.15) is 0 Å². The van der Waals surface area contributed by atoms with Gasteiger partial charge in [0.15, 0.2) is 0 Å². The van der Waals surface area contributed by atoms with Crippen molar-refractivity contribution < 1.29 is 9.90 Å². The highest BCUT2D eigenvalue weighted by Gasteiger charge is 2.07. The number of anilines is 1. The molecule has 1 aromatic carbocycles. The number of carbonyl (C=O) groups excluding carboxylic acids is 1. The molecule has 6 heteroatoms. The molecule has 0 aliphatic heterocycles. The topological polar surface area (TPSA) is 79.2 Å². The SMILES string of the molecule is C[C@@H](CO)NC(=O)Nc1cnn(-c2ccccc2)c1. The van der Waals surface area contributed by atoms with Crippen molar-refractivity contribution in [3.05, 3.63) is 42.7 Å². The summed E-state index contributed by atoms with van der Waals surface area (Å²) in [5, 5.41) is 18.2. The summed E-state index contributed by atoms with van der Waals surface area (Å²) in [6.07, 6.45) is 3.29. The summed E-state index contributed by atoms with van der Waals surface area (Å²) >= 11 is 0. The lowest BCUT2D eigenvalue weighted by Crippen LogP contribution is -2.38. The Bertz CT molecular complexity index is 539. The van der Waals surface area contributed by atoms with E-state index in [-0.39, 0.29) is 18.7 Å².